The van der Waals surface area contributed by atoms with Gasteiger partial charge in [-0.15, -0.1) is 0 Å². The summed E-state index contributed by atoms with van der Waals surface area (Å²) in [6.45, 7) is 6.58. The molecule has 0 saturated carbocycles. The molecule has 1 aliphatic heterocycles. The summed E-state index contributed by atoms with van der Waals surface area (Å²) < 4.78 is 25.9. The molecular formula is C19H32N5O7P. The Morgan fingerprint density at radius 3 is 2.44 bits per heavy atom. The molecule has 12 nitrogen and oxygen atoms in total. The number of nitrogens with zero attached hydrogens (tertiary/aromatic N) is 4. The highest BCUT2D eigenvalue weighted by Crippen LogP contribution is 2.60. The quantitative estimate of drug-likeness (QED) is 0.330. The summed E-state index contributed by atoms with van der Waals surface area (Å²) in [7, 11) is -4.44. The SMILES string of the molecule is CCC(C)(C[C@H]1OC(n2cnc3c(N)ncnc32)[C@H](O)[C@@H]1O)OP(=O)(O)C(O)(CC)CC. The number of fused-ring (bicyclic) bond motifs is 1. The van der Waals surface area contributed by atoms with Crippen molar-refractivity contribution in [3.05, 3.63) is 12.7 Å². The van der Waals surface area contributed by atoms with E-state index < -0.39 is 43.1 Å². The number of hydrogen-bond donors (Lipinski definition) is 5. The molecule has 6 atom stereocenters. The fraction of sp³-hybridized carbons (Fsp3) is 0.737. The van der Waals surface area contributed by atoms with E-state index in [1.54, 1.807) is 27.7 Å². The van der Waals surface area contributed by atoms with Gasteiger partial charge < -0.3 is 35.2 Å². The van der Waals surface area contributed by atoms with Crippen molar-refractivity contribution < 1.29 is 34.0 Å². The number of aromatic nitrogens is 4. The molecule has 0 aromatic carbocycles. The molecule has 0 aliphatic carbocycles. The van der Waals surface area contributed by atoms with Gasteiger partial charge in [0.2, 0.25) is 0 Å². The van der Waals surface area contributed by atoms with Crippen LogP contribution < -0.4 is 5.73 Å². The van der Waals surface area contributed by atoms with E-state index in [0.29, 0.717) is 17.6 Å². The van der Waals surface area contributed by atoms with Crippen LogP contribution in [0.3, 0.4) is 0 Å². The summed E-state index contributed by atoms with van der Waals surface area (Å²) in [5.74, 6) is 0.170. The predicted octanol–water partition coefficient (Wildman–Crippen LogP) is 1.30. The molecule has 1 saturated heterocycles. The Bertz CT molecular complexity index is 1000. The summed E-state index contributed by atoms with van der Waals surface area (Å²) in [5.41, 5.74) is 5.26. The molecular weight excluding hydrogens is 441 g/mol. The van der Waals surface area contributed by atoms with Crippen molar-refractivity contribution >= 4 is 24.6 Å². The number of imidazole rings is 1. The summed E-state index contributed by atoms with van der Waals surface area (Å²) in [6, 6.07) is 0. The number of nitrogens with two attached hydrogens (primary N) is 1. The third-order valence-corrected chi connectivity index (χ3v) is 8.75. The van der Waals surface area contributed by atoms with E-state index in [0.717, 1.165) is 0 Å². The van der Waals surface area contributed by atoms with Crippen molar-refractivity contribution in [1.82, 2.24) is 19.5 Å². The van der Waals surface area contributed by atoms with Crippen LogP contribution in [0.4, 0.5) is 5.82 Å². The Kier molecular flexibility index (Phi) is 6.98. The smallest absolute Gasteiger partial charge is 0.359 e. The van der Waals surface area contributed by atoms with E-state index in [9.17, 15) is 24.8 Å². The van der Waals surface area contributed by atoms with Crippen LogP contribution in [0.5, 0.6) is 0 Å². The molecule has 2 aromatic heterocycles. The summed E-state index contributed by atoms with van der Waals surface area (Å²) >= 11 is 0. The molecule has 3 heterocycles. The number of hydrogen-bond acceptors (Lipinski definition) is 10. The molecule has 2 aromatic rings. The van der Waals surface area contributed by atoms with Crippen LogP contribution in [0.15, 0.2) is 12.7 Å². The average Bonchev–Trinajstić information content (AvgIpc) is 3.30. The summed E-state index contributed by atoms with van der Waals surface area (Å²) in [4.78, 5) is 22.7. The lowest BCUT2D eigenvalue weighted by molar-refractivity contribution is -0.0696. The van der Waals surface area contributed by atoms with Gasteiger partial charge in [0.25, 0.3) is 0 Å². The predicted molar refractivity (Wildman–Crippen MR) is 115 cm³/mol. The van der Waals surface area contributed by atoms with Crippen LogP contribution in [-0.2, 0) is 13.8 Å². The van der Waals surface area contributed by atoms with Crippen molar-refractivity contribution in [1.29, 1.82) is 0 Å². The van der Waals surface area contributed by atoms with Gasteiger partial charge in [0.05, 0.1) is 18.0 Å². The molecule has 0 radical (unpaired) electrons. The summed E-state index contributed by atoms with van der Waals surface area (Å²) in [6.07, 6.45) is -1.54. The molecule has 1 fully saturated rings. The molecule has 3 rings (SSSR count). The molecule has 0 spiro atoms. The van der Waals surface area contributed by atoms with Gasteiger partial charge in [0, 0.05) is 6.42 Å². The van der Waals surface area contributed by atoms with E-state index in [-0.39, 0.29) is 25.1 Å². The highest BCUT2D eigenvalue weighted by atomic mass is 31.2. The van der Waals surface area contributed by atoms with Crippen molar-refractivity contribution in [2.45, 2.75) is 88.9 Å². The number of anilines is 1. The highest BCUT2D eigenvalue weighted by molar-refractivity contribution is 7.54. The van der Waals surface area contributed by atoms with Crippen LogP contribution in [0.1, 0.15) is 59.6 Å². The monoisotopic (exact) mass is 473 g/mol. The fourth-order valence-corrected chi connectivity index (χ4v) is 5.66. The fourth-order valence-electron chi connectivity index (χ4n) is 3.89. The molecule has 1 aliphatic rings. The van der Waals surface area contributed by atoms with Crippen LogP contribution in [-0.4, -0.2) is 69.0 Å². The average molecular weight is 473 g/mol. The lowest BCUT2D eigenvalue weighted by Crippen LogP contribution is -2.40. The zero-order valence-corrected chi connectivity index (χ0v) is 19.5. The van der Waals surface area contributed by atoms with Crippen LogP contribution >= 0.6 is 7.60 Å². The molecule has 32 heavy (non-hydrogen) atoms. The van der Waals surface area contributed by atoms with Crippen LogP contribution in [0, 0.1) is 0 Å². The second-order valence-corrected chi connectivity index (χ2v) is 10.5. The normalized spacial score (nSPS) is 28.0. The number of aliphatic hydroxyl groups is 3. The third kappa shape index (κ3) is 4.28. The van der Waals surface area contributed by atoms with E-state index in [4.69, 9.17) is 15.0 Å². The van der Waals surface area contributed by atoms with E-state index in [2.05, 4.69) is 15.0 Å². The number of nitrogen functional groups attached to an aromatic ring is 1. The minimum atomic E-state index is -4.44. The maximum absolute atomic E-state index is 12.9. The maximum atomic E-state index is 12.9. The molecule has 6 N–H and O–H groups in total. The topological polar surface area (TPSA) is 186 Å². The zero-order valence-electron chi connectivity index (χ0n) is 18.6. The third-order valence-electron chi connectivity index (χ3n) is 6.38. The highest BCUT2D eigenvalue weighted by Gasteiger charge is 2.51. The van der Waals surface area contributed by atoms with Crippen LogP contribution in [0.2, 0.25) is 0 Å². The molecule has 180 valence electrons. The van der Waals surface area contributed by atoms with Gasteiger partial charge in [-0.05, 0) is 26.2 Å². The Hall–Kier alpha value is -1.66. The van der Waals surface area contributed by atoms with Crippen molar-refractivity contribution in [2.24, 2.45) is 0 Å². The second-order valence-electron chi connectivity index (χ2n) is 8.44. The standard InChI is InChI=1S/C19H32N5O7P/c1-5-18(4,31-32(28,29)19(27,6-2)7-3)8-11-13(25)14(26)17(30-11)24-10-23-12-15(20)21-9-22-16(12)24/h9-11,13-14,17,25-27H,5-8H2,1-4H3,(H,28,29)(H2,20,21,22)/t11-,13-,14-,17?,18?/m1/s1. The number of ether oxygens (including phenoxy) is 1. The lowest BCUT2D eigenvalue weighted by Gasteiger charge is -2.38. The lowest BCUT2D eigenvalue weighted by atomic mass is 9.93. The van der Waals surface area contributed by atoms with Gasteiger partial charge in [-0.3, -0.25) is 9.13 Å². The van der Waals surface area contributed by atoms with Gasteiger partial charge >= 0.3 is 7.60 Å². The first-order valence-corrected chi connectivity index (χ1v) is 12.2. The first-order valence-electron chi connectivity index (χ1n) is 10.6. The first-order chi connectivity index (χ1) is 14.9. The van der Waals surface area contributed by atoms with Gasteiger partial charge in [0.15, 0.2) is 23.0 Å². The Morgan fingerprint density at radius 2 is 1.84 bits per heavy atom. The molecule has 13 heteroatoms. The van der Waals surface area contributed by atoms with Gasteiger partial charge in [-0.2, -0.15) is 0 Å². The van der Waals surface area contributed by atoms with Crippen molar-refractivity contribution in [3.63, 3.8) is 0 Å². The first kappa shape index (κ1) is 25.0. The largest absolute Gasteiger partial charge is 0.388 e. The Balaban J connectivity index is 1.83. The van der Waals surface area contributed by atoms with Gasteiger partial charge in [-0.25, -0.2) is 15.0 Å². The maximum Gasteiger partial charge on any atom is 0.359 e. The van der Waals surface area contributed by atoms with Gasteiger partial charge in [0.1, 0.15) is 24.1 Å². The number of aliphatic hydroxyl groups excluding tert-OH is 2. The van der Waals surface area contributed by atoms with Crippen molar-refractivity contribution in [3.8, 4) is 0 Å². The van der Waals surface area contributed by atoms with E-state index in [1.165, 1.54) is 17.2 Å². The minimum absolute atomic E-state index is 0.00393. The molecule has 0 amide bonds. The second kappa shape index (κ2) is 8.94. The number of rotatable bonds is 9. The summed E-state index contributed by atoms with van der Waals surface area (Å²) in [5, 5.41) is 30.0. The van der Waals surface area contributed by atoms with Crippen molar-refractivity contribution in [2.75, 3.05) is 5.73 Å². The zero-order chi connectivity index (χ0) is 23.9. The minimum Gasteiger partial charge on any atom is -0.388 e. The molecule has 3 unspecified atom stereocenters. The Labute approximate surface area is 186 Å². The molecule has 0 bridgehead atoms. The van der Waals surface area contributed by atoms with E-state index in [1.807, 2.05) is 0 Å². The van der Waals surface area contributed by atoms with E-state index >= 15 is 0 Å². The Morgan fingerprint density at radius 1 is 1.19 bits per heavy atom. The van der Waals surface area contributed by atoms with Gasteiger partial charge in [-0.1, -0.05) is 20.8 Å². The van der Waals surface area contributed by atoms with Crippen LogP contribution in [0.25, 0.3) is 11.2 Å².